The van der Waals surface area contributed by atoms with E-state index in [1.165, 1.54) is 5.56 Å². The second-order valence-electron chi connectivity index (χ2n) is 6.31. The van der Waals surface area contributed by atoms with Crippen molar-refractivity contribution < 1.29 is 14.3 Å². The van der Waals surface area contributed by atoms with Crippen LogP contribution in [0.1, 0.15) is 16.7 Å². The van der Waals surface area contributed by atoms with E-state index in [0.717, 1.165) is 44.0 Å². The molecule has 3 rings (SSSR count). The molecule has 0 spiro atoms. The van der Waals surface area contributed by atoms with Crippen molar-refractivity contribution in [1.82, 2.24) is 4.90 Å². The van der Waals surface area contributed by atoms with Gasteiger partial charge in [0, 0.05) is 25.2 Å². The van der Waals surface area contributed by atoms with Crippen LogP contribution in [0.3, 0.4) is 0 Å². The Bertz CT molecular complexity index is 792. The van der Waals surface area contributed by atoms with Crippen molar-refractivity contribution in [3.63, 3.8) is 0 Å². The predicted octanol–water partition coefficient (Wildman–Crippen LogP) is 3.02. The zero-order valence-electron chi connectivity index (χ0n) is 15.4. The number of hydrogen-bond donors (Lipinski definition) is 1. The molecular formula is C20H24ClN3O3. The number of amidine groups is 1. The summed E-state index contributed by atoms with van der Waals surface area (Å²) in [6, 6.07) is 13.5. The minimum atomic E-state index is 0.276. The normalized spacial score (nSPS) is 15.6. The smallest absolute Gasteiger partial charge is 0.170 e. The van der Waals surface area contributed by atoms with Gasteiger partial charge in [0.2, 0.25) is 0 Å². The average molecular weight is 390 g/mol. The number of nitrogens with zero attached hydrogens (tertiary/aromatic N) is 2. The standard InChI is InChI=1S/C20H24ClN3O3/c1-25-19-6-5-16(12-18(19)21)14-27-23-20(22)17-4-2-3-15(11-17)13-24-7-9-26-10-8-24/h2-6,11-12H,7-10,13-14H2,1H3,(H2,22,23). The molecule has 1 aliphatic rings. The summed E-state index contributed by atoms with van der Waals surface area (Å²) in [6.07, 6.45) is 0. The van der Waals surface area contributed by atoms with Crippen molar-refractivity contribution in [2.24, 2.45) is 10.9 Å². The quantitative estimate of drug-likeness (QED) is 0.448. The van der Waals surface area contributed by atoms with Crippen molar-refractivity contribution in [2.75, 3.05) is 33.4 Å². The molecule has 1 heterocycles. The van der Waals surface area contributed by atoms with E-state index >= 15 is 0 Å². The van der Waals surface area contributed by atoms with Crippen LogP contribution in [0, 0.1) is 0 Å². The molecule has 0 unspecified atom stereocenters. The maximum Gasteiger partial charge on any atom is 0.170 e. The van der Waals surface area contributed by atoms with Gasteiger partial charge in [0.1, 0.15) is 12.4 Å². The summed E-state index contributed by atoms with van der Waals surface area (Å²) >= 11 is 6.11. The van der Waals surface area contributed by atoms with E-state index in [-0.39, 0.29) is 6.61 Å². The van der Waals surface area contributed by atoms with Gasteiger partial charge in [-0.2, -0.15) is 0 Å². The van der Waals surface area contributed by atoms with Crippen LogP contribution < -0.4 is 10.5 Å². The summed E-state index contributed by atoms with van der Waals surface area (Å²) < 4.78 is 10.5. The molecule has 7 heteroatoms. The molecule has 0 radical (unpaired) electrons. The average Bonchev–Trinajstić information content (AvgIpc) is 2.69. The van der Waals surface area contributed by atoms with Crippen LogP contribution >= 0.6 is 11.6 Å². The van der Waals surface area contributed by atoms with Crippen LogP contribution in [0.4, 0.5) is 0 Å². The number of ether oxygens (including phenoxy) is 2. The highest BCUT2D eigenvalue weighted by molar-refractivity contribution is 6.32. The van der Waals surface area contributed by atoms with Gasteiger partial charge in [0.25, 0.3) is 0 Å². The number of halogens is 1. The summed E-state index contributed by atoms with van der Waals surface area (Å²) in [7, 11) is 1.58. The summed E-state index contributed by atoms with van der Waals surface area (Å²) in [6.45, 7) is 4.61. The number of oxime groups is 1. The number of benzene rings is 2. The molecular weight excluding hydrogens is 366 g/mol. The van der Waals surface area contributed by atoms with Gasteiger partial charge < -0.3 is 20.0 Å². The summed E-state index contributed by atoms with van der Waals surface area (Å²) in [4.78, 5) is 7.75. The van der Waals surface area contributed by atoms with E-state index in [1.54, 1.807) is 19.2 Å². The van der Waals surface area contributed by atoms with Gasteiger partial charge in [-0.05, 0) is 29.3 Å². The Balaban J connectivity index is 1.58. The van der Waals surface area contributed by atoms with E-state index in [0.29, 0.717) is 16.6 Å². The summed E-state index contributed by atoms with van der Waals surface area (Å²) in [5, 5.41) is 4.57. The second-order valence-corrected chi connectivity index (χ2v) is 6.71. The molecule has 0 saturated carbocycles. The van der Waals surface area contributed by atoms with E-state index in [2.05, 4.69) is 16.1 Å². The molecule has 2 aromatic rings. The molecule has 2 N–H and O–H groups in total. The van der Waals surface area contributed by atoms with Crippen molar-refractivity contribution in [3.8, 4) is 5.75 Å². The molecule has 0 atom stereocenters. The SMILES string of the molecule is COc1ccc(CO/N=C(\N)c2cccc(CN3CCOCC3)c2)cc1Cl. The lowest BCUT2D eigenvalue weighted by molar-refractivity contribution is 0.0342. The number of morpholine rings is 1. The van der Waals surface area contributed by atoms with Crippen LogP contribution in [0.15, 0.2) is 47.6 Å². The van der Waals surface area contributed by atoms with E-state index < -0.39 is 0 Å². The highest BCUT2D eigenvalue weighted by Gasteiger charge is 2.11. The van der Waals surface area contributed by atoms with Crippen molar-refractivity contribution in [1.29, 1.82) is 0 Å². The molecule has 0 amide bonds. The molecule has 144 valence electrons. The lowest BCUT2D eigenvalue weighted by Crippen LogP contribution is -2.35. The Labute approximate surface area is 164 Å². The van der Waals surface area contributed by atoms with Gasteiger partial charge in [0.15, 0.2) is 5.84 Å². The zero-order valence-corrected chi connectivity index (χ0v) is 16.1. The van der Waals surface area contributed by atoms with Crippen LogP contribution in [0.25, 0.3) is 0 Å². The number of nitrogens with two attached hydrogens (primary N) is 1. The topological polar surface area (TPSA) is 69.3 Å². The molecule has 1 fully saturated rings. The monoisotopic (exact) mass is 389 g/mol. The highest BCUT2D eigenvalue weighted by atomic mass is 35.5. The fourth-order valence-corrected chi connectivity index (χ4v) is 3.16. The van der Waals surface area contributed by atoms with Crippen LogP contribution in [0.5, 0.6) is 5.75 Å². The first-order chi connectivity index (χ1) is 13.2. The van der Waals surface area contributed by atoms with Crippen molar-refractivity contribution in [2.45, 2.75) is 13.2 Å². The lowest BCUT2D eigenvalue weighted by Gasteiger charge is -2.26. The highest BCUT2D eigenvalue weighted by Crippen LogP contribution is 2.25. The Morgan fingerprint density at radius 1 is 1.19 bits per heavy atom. The van der Waals surface area contributed by atoms with Gasteiger partial charge in [-0.3, -0.25) is 4.90 Å². The number of hydrogen-bond acceptors (Lipinski definition) is 5. The Morgan fingerprint density at radius 3 is 2.74 bits per heavy atom. The third kappa shape index (κ3) is 5.60. The summed E-state index contributed by atoms with van der Waals surface area (Å²) in [5.74, 6) is 0.971. The molecule has 2 aromatic carbocycles. The van der Waals surface area contributed by atoms with Gasteiger partial charge in [-0.1, -0.05) is 41.0 Å². The molecule has 0 aliphatic carbocycles. The third-order valence-electron chi connectivity index (χ3n) is 4.34. The maximum atomic E-state index is 6.11. The zero-order chi connectivity index (χ0) is 19.1. The molecule has 27 heavy (non-hydrogen) atoms. The number of methoxy groups -OCH3 is 1. The first kappa shape index (κ1) is 19.5. The number of rotatable bonds is 7. The minimum Gasteiger partial charge on any atom is -0.495 e. The minimum absolute atomic E-state index is 0.276. The van der Waals surface area contributed by atoms with Crippen LogP contribution in [-0.4, -0.2) is 44.1 Å². The first-order valence-corrected chi connectivity index (χ1v) is 9.21. The van der Waals surface area contributed by atoms with Gasteiger partial charge >= 0.3 is 0 Å². The van der Waals surface area contributed by atoms with Crippen molar-refractivity contribution >= 4 is 17.4 Å². The first-order valence-electron chi connectivity index (χ1n) is 8.83. The fraction of sp³-hybridized carbons (Fsp3) is 0.350. The molecule has 6 nitrogen and oxygen atoms in total. The molecule has 1 saturated heterocycles. The summed E-state index contributed by atoms with van der Waals surface area (Å²) in [5.41, 5.74) is 9.00. The fourth-order valence-electron chi connectivity index (χ4n) is 2.88. The largest absolute Gasteiger partial charge is 0.495 e. The molecule has 0 bridgehead atoms. The lowest BCUT2D eigenvalue weighted by atomic mass is 10.1. The molecule has 0 aromatic heterocycles. The van der Waals surface area contributed by atoms with E-state index in [1.807, 2.05) is 24.3 Å². The second kappa shape index (κ2) is 9.60. The van der Waals surface area contributed by atoms with Crippen LogP contribution in [0.2, 0.25) is 5.02 Å². The Hall–Kier alpha value is -2.28. The predicted molar refractivity (Wildman–Crippen MR) is 106 cm³/mol. The Kier molecular flexibility index (Phi) is 6.92. The van der Waals surface area contributed by atoms with Crippen LogP contribution in [-0.2, 0) is 22.7 Å². The van der Waals surface area contributed by atoms with Gasteiger partial charge in [-0.25, -0.2) is 0 Å². The van der Waals surface area contributed by atoms with E-state index in [4.69, 9.17) is 31.6 Å². The maximum absolute atomic E-state index is 6.11. The van der Waals surface area contributed by atoms with Crippen molar-refractivity contribution in [3.05, 3.63) is 64.2 Å². The third-order valence-corrected chi connectivity index (χ3v) is 4.64. The van der Waals surface area contributed by atoms with Gasteiger partial charge in [0.05, 0.1) is 25.3 Å². The molecule has 1 aliphatic heterocycles. The van der Waals surface area contributed by atoms with E-state index in [9.17, 15) is 0 Å². The van der Waals surface area contributed by atoms with Gasteiger partial charge in [-0.15, -0.1) is 0 Å². The Morgan fingerprint density at radius 2 is 2.00 bits per heavy atom.